The molecule has 0 bridgehead atoms. The summed E-state index contributed by atoms with van der Waals surface area (Å²) in [6.07, 6.45) is 4.63. The Morgan fingerprint density at radius 2 is 1.93 bits per heavy atom. The molecule has 0 aromatic heterocycles. The molecular weight excluding hydrogens is 214 g/mol. The van der Waals surface area contributed by atoms with Crippen LogP contribution in [0.25, 0.3) is 0 Å². The van der Waals surface area contributed by atoms with E-state index in [1.165, 1.54) is 0 Å². The van der Waals surface area contributed by atoms with Crippen LogP contribution in [0.2, 0.25) is 0 Å². The molecule has 0 radical (unpaired) electrons. The second-order valence-corrected chi connectivity index (χ2v) is 8.90. The van der Waals surface area contributed by atoms with Crippen LogP contribution in [0.4, 0.5) is 0 Å². The Bertz CT molecular complexity index is 187. The van der Waals surface area contributed by atoms with Crippen molar-refractivity contribution in [2.45, 2.75) is 38.5 Å². The van der Waals surface area contributed by atoms with Crippen molar-refractivity contribution in [3.05, 3.63) is 0 Å². The fraction of sp³-hybridized carbons (Fsp3) is 0.900. The molecule has 0 aliphatic heterocycles. The zero-order chi connectivity index (χ0) is 11.4. The average molecular weight is 237 g/mol. The Morgan fingerprint density at radius 1 is 1.43 bits per heavy atom. The quantitative estimate of drug-likeness (QED) is 0.743. The van der Waals surface area contributed by atoms with Crippen LogP contribution in [0.5, 0.6) is 0 Å². The van der Waals surface area contributed by atoms with Gasteiger partial charge in [-0.1, -0.05) is 33.0 Å². The topological polar surface area (TPSA) is 21.3 Å². The van der Waals surface area contributed by atoms with E-state index in [2.05, 4.69) is 45.5 Å². The van der Waals surface area contributed by atoms with E-state index in [1.807, 2.05) is 0 Å². The highest BCUT2D eigenvalue weighted by Gasteiger charge is 2.30. The fourth-order valence-corrected chi connectivity index (χ4v) is 2.08. The van der Waals surface area contributed by atoms with Gasteiger partial charge in [-0.15, -0.1) is 10.3 Å². The Morgan fingerprint density at radius 3 is 2.29 bits per heavy atom. The Hall–Kier alpha value is 0.200. The number of hydrogen-bond donors (Lipinski definition) is 1. The standard InChI is InChI=1S/C10H23NOS2/c1-9(7-11-8-13)12-14(5,6)10(2,3)4/h8-9H,7H2,1-6H3,(H,11,13)/t9-/m0/s1. The molecule has 0 rings (SSSR count). The van der Waals surface area contributed by atoms with Crippen LogP contribution in [-0.2, 0) is 4.18 Å². The molecular formula is C10H23NOS2. The van der Waals surface area contributed by atoms with E-state index in [0.29, 0.717) is 0 Å². The molecule has 0 amide bonds. The van der Waals surface area contributed by atoms with Crippen LogP contribution in [0.15, 0.2) is 0 Å². The molecule has 1 atom stereocenters. The molecule has 0 aromatic rings. The molecule has 0 spiro atoms. The summed E-state index contributed by atoms with van der Waals surface area (Å²) in [4.78, 5) is 0. The van der Waals surface area contributed by atoms with Crippen molar-refractivity contribution in [2.24, 2.45) is 0 Å². The average Bonchev–Trinajstić information content (AvgIpc) is 1.97. The van der Waals surface area contributed by atoms with E-state index in [1.54, 1.807) is 5.49 Å². The van der Waals surface area contributed by atoms with E-state index in [0.717, 1.165) is 6.54 Å². The van der Waals surface area contributed by atoms with Gasteiger partial charge in [0.1, 0.15) is 0 Å². The van der Waals surface area contributed by atoms with Crippen molar-refractivity contribution >= 4 is 28.0 Å². The van der Waals surface area contributed by atoms with Gasteiger partial charge in [0, 0.05) is 11.3 Å². The highest BCUT2D eigenvalue weighted by molar-refractivity contribution is 8.29. The Balaban J connectivity index is 4.15. The molecule has 0 saturated heterocycles. The fourth-order valence-electron chi connectivity index (χ4n) is 0.803. The van der Waals surface area contributed by atoms with Gasteiger partial charge in [0.2, 0.25) is 0 Å². The minimum Gasteiger partial charge on any atom is -0.380 e. The number of rotatable bonds is 5. The molecule has 86 valence electrons. The third-order valence-electron chi connectivity index (χ3n) is 2.37. The maximum atomic E-state index is 6.06. The van der Waals surface area contributed by atoms with Crippen molar-refractivity contribution in [3.8, 4) is 0 Å². The summed E-state index contributed by atoms with van der Waals surface area (Å²) in [6.45, 7) is 9.54. The lowest BCUT2D eigenvalue weighted by molar-refractivity contribution is 0.250. The summed E-state index contributed by atoms with van der Waals surface area (Å²) in [5, 5.41) is 3.00. The van der Waals surface area contributed by atoms with Gasteiger partial charge in [-0.25, -0.2) is 0 Å². The number of thiocarbonyl (C=S) groups is 1. The summed E-state index contributed by atoms with van der Waals surface area (Å²) in [5.41, 5.74) is 1.54. The van der Waals surface area contributed by atoms with E-state index >= 15 is 0 Å². The van der Waals surface area contributed by atoms with Crippen molar-refractivity contribution in [1.29, 1.82) is 0 Å². The van der Waals surface area contributed by atoms with E-state index in [-0.39, 0.29) is 10.9 Å². The summed E-state index contributed by atoms with van der Waals surface area (Å²) in [5.74, 6) is 0. The van der Waals surface area contributed by atoms with E-state index < -0.39 is 10.3 Å². The van der Waals surface area contributed by atoms with Crippen LogP contribution in [-0.4, -0.2) is 35.4 Å². The lowest BCUT2D eigenvalue weighted by atomic mass is 10.3. The van der Waals surface area contributed by atoms with Crippen molar-refractivity contribution in [1.82, 2.24) is 5.32 Å². The molecule has 0 aliphatic carbocycles. The maximum Gasteiger partial charge on any atom is 0.0844 e. The summed E-state index contributed by atoms with van der Waals surface area (Å²) in [6, 6.07) is 0. The molecule has 0 aromatic carbocycles. The van der Waals surface area contributed by atoms with E-state index in [4.69, 9.17) is 16.4 Å². The lowest BCUT2D eigenvalue weighted by Gasteiger charge is -2.45. The van der Waals surface area contributed by atoms with Gasteiger partial charge in [-0.05, 0) is 19.4 Å². The molecule has 0 aliphatic rings. The zero-order valence-corrected chi connectivity index (χ0v) is 11.7. The predicted molar refractivity (Wildman–Crippen MR) is 71.4 cm³/mol. The minimum atomic E-state index is -1.02. The van der Waals surface area contributed by atoms with Crippen LogP contribution < -0.4 is 5.32 Å². The molecule has 0 unspecified atom stereocenters. The molecule has 0 saturated carbocycles. The number of nitrogens with one attached hydrogen (secondary N) is 1. The zero-order valence-electron chi connectivity index (χ0n) is 10.1. The first kappa shape index (κ1) is 14.2. The second-order valence-electron chi connectivity index (χ2n) is 4.78. The smallest absolute Gasteiger partial charge is 0.0844 e. The molecule has 0 heterocycles. The SMILES string of the molecule is C[C@@H](CNC=S)OS(C)(C)C(C)(C)C. The largest absolute Gasteiger partial charge is 0.380 e. The second kappa shape index (κ2) is 5.33. The molecule has 0 fully saturated rings. The Kier molecular flexibility index (Phi) is 5.41. The lowest BCUT2D eigenvalue weighted by Crippen LogP contribution is -2.32. The maximum absolute atomic E-state index is 6.06. The normalized spacial score (nSPS) is 16.1. The van der Waals surface area contributed by atoms with E-state index in [9.17, 15) is 0 Å². The van der Waals surface area contributed by atoms with Crippen LogP contribution in [0.3, 0.4) is 0 Å². The molecule has 2 nitrogen and oxygen atoms in total. The minimum absolute atomic E-state index is 0.207. The summed E-state index contributed by atoms with van der Waals surface area (Å²) in [7, 11) is -1.02. The van der Waals surface area contributed by atoms with Gasteiger partial charge in [0.15, 0.2) is 0 Å². The molecule has 14 heavy (non-hydrogen) atoms. The van der Waals surface area contributed by atoms with Crippen LogP contribution in [0.1, 0.15) is 27.7 Å². The highest BCUT2D eigenvalue weighted by atomic mass is 32.3. The van der Waals surface area contributed by atoms with Gasteiger partial charge in [-0.3, -0.25) is 0 Å². The summed E-state index contributed by atoms with van der Waals surface area (Å²) >= 11 is 4.70. The predicted octanol–water partition coefficient (Wildman–Crippen LogP) is 2.72. The van der Waals surface area contributed by atoms with Gasteiger partial charge in [0.05, 0.1) is 11.6 Å². The summed E-state index contributed by atoms with van der Waals surface area (Å²) < 4.78 is 6.28. The van der Waals surface area contributed by atoms with Crippen LogP contribution in [0, 0.1) is 0 Å². The van der Waals surface area contributed by atoms with Crippen molar-refractivity contribution in [3.63, 3.8) is 0 Å². The monoisotopic (exact) mass is 237 g/mol. The van der Waals surface area contributed by atoms with Crippen molar-refractivity contribution in [2.75, 3.05) is 19.1 Å². The highest BCUT2D eigenvalue weighted by Crippen LogP contribution is 2.54. The van der Waals surface area contributed by atoms with Gasteiger partial charge >= 0.3 is 0 Å². The first-order chi connectivity index (χ1) is 6.20. The van der Waals surface area contributed by atoms with Crippen LogP contribution >= 0.6 is 22.5 Å². The first-order valence-corrected chi connectivity index (χ1v) is 7.63. The van der Waals surface area contributed by atoms with Gasteiger partial charge in [0.25, 0.3) is 0 Å². The van der Waals surface area contributed by atoms with Gasteiger partial charge in [-0.2, -0.15) is 0 Å². The Labute approximate surface area is 95.3 Å². The third kappa shape index (κ3) is 4.62. The molecule has 4 heteroatoms. The van der Waals surface area contributed by atoms with Crippen molar-refractivity contribution < 1.29 is 4.18 Å². The third-order valence-corrected chi connectivity index (χ3v) is 6.29. The molecule has 1 N–H and O–H groups in total. The number of hydrogen-bond acceptors (Lipinski definition) is 2. The van der Waals surface area contributed by atoms with Gasteiger partial charge < -0.3 is 9.50 Å². The first-order valence-electron chi connectivity index (χ1n) is 4.79.